The molecule has 0 radical (unpaired) electrons. The van der Waals surface area contributed by atoms with Crippen molar-refractivity contribution >= 4 is 29.3 Å². The normalized spacial score (nSPS) is 17.3. The summed E-state index contributed by atoms with van der Waals surface area (Å²) >= 11 is 0. The number of rotatable bonds is 6. The van der Waals surface area contributed by atoms with Gasteiger partial charge in [0, 0.05) is 36.7 Å². The van der Waals surface area contributed by atoms with Gasteiger partial charge in [-0.1, -0.05) is 0 Å². The number of nitrogens with one attached hydrogen (secondary N) is 1. The lowest BCUT2D eigenvalue weighted by Crippen LogP contribution is -2.34. The van der Waals surface area contributed by atoms with Gasteiger partial charge < -0.3 is 19.7 Å². The predicted octanol–water partition coefficient (Wildman–Crippen LogP) is 3.76. The van der Waals surface area contributed by atoms with Gasteiger partial charge in [0.25, 0.3) is 0 Å². The van der Waals surface area contributed by atoms with Gasteiger partial charge in [-0.25, -0.2) is 23.5 Å². The van der Waals surface area contributed by atoms with Crippen LogP contribution in [0.2, 0.25) is 0 Å². The summed E-state index contributed by atoms with van der Waals surface area (Å²) < 4.78 is 26.8. The number of aromatic nitrogens is 3. The second kappa shape index (κ2) is 9.56. The average molecular weight is 496 g/mol. The topological polar surface area (TPSA) is 115 Å². The molecular weight excluding hydrogens is 469 g/mol. The quantitative estimate of drug-likeness (QED) is 0.518. The van der Waals surface area contributed by atoms with Crippen molar-refractivity contribution in [3.63, 3.8) is 0 Å². The summed E-state index contributed by atoms with van der Waals surface area (Å²) in [6.45, 7) is 4.03. The van der Waals surface area contributed by atoms with Crippen LogP contribution in [0.1, 0.15) is 55.1 Å². The van der Waals surface area contributed by atoms with Gasteiger partial charge in [0.2, 0.25) is 0 Å². The zero-order valence-electron chi connectivity index (χ0n) is 20.0. The Morgan fingerprint density at radius 2 is 2.00 bits per heavy atom. The molecule has 11 heteroatoms. The molecule has 1 aliphatic carbocycles. The number of likely N-dealkylation sites (tertiary alicyclic amines) is 1. The molecular formula is C25H26FN5O5. The lowest BCUT2D eigenvalue weighted by molar-refractivity contribution is -0.145. The summed E-state index contributed by atoms with van der Waals surface area (Å²) in [5.41, 5.74) is 2.56. The molecule has 0 spiro atoms. The van der Waals surface area contributed by atoms with E-state index in [4.69, 9.17) is 9.47 Å². The van der Waals surface area contributed by atoms with E-state index in [2.05, 4.69) is 15.4 Å². The Bertz CT molecular complexity index is 1350. The van der Waals surface area contributed by atoms with Crippen molar-refractivity contribution in [1.82, 2.24) is 19.5 Å². The Morgan fingerprint density at radius 3 is 2.69 bits per heavy atom. The first kappa shape index (κ1) is 23.7. The monoisotopic (exact) mass is 495 g/mol. The number of imidazole rings is 1. The zero-order valence-corrected chi connectivity index (χ0v) is 20.0. The minimum atomic E-state index is -0.561. The van der Waals surface area contributed by atoms with Crippen molar-refractivity contribution in [2.75, 3.05) is 25.0 Å². The van der Waals surface area contributed by atoms with E-state index in [1.165, 1.54) is 22.4 Å². The van der Waals surface area contributed by atoms with Crippen LogP contribution in [0.25, 0.3) is 16.9 Å². The number of hydrogen-bond donors (Lipinski definition) is 1. The van der Waals surface area contributed by atoms with Crippen molar-refractivity contribution in [3.05, 3.63) is 47.5 Å². The molecule has 1 aromatic carbocycles. The molecule has 2 aliphatic rings. The van der Waals surface area contributed by atoms with E-state index in [1.54, 1.807) is 31.3 Å². The number of esters is 2. The number of carbonyl (C=O) groups is 3. The number of carbonyl (C=O) groups excluding carboxylic acids is 3. The molecule has 5 rings (SSSR count). The first-order valence-corrected chi connectivity index (χ1v) is 11.9. The third kappa shape index (κ3) is 4.86. The number of anilines is 1. The molecule has 2 amide bonds. The Labute approximate surface area is 206 Å². The van der Waals surface area contributed by atoms with Crippen LogP contribution in [-0.4, -0.2) is 63.3 Å². The number of benzene rings is 1. The van der Waals surface area contributed by atoms with Crippen LogP contribution in [-0.2, 0) is 14.3 Å². The third-order valence-electron chi connectivity index (χ3n) is 6.22. The van der Waals surface area contributed by atoms with Gasteiger partial charge in [-0.15, -0.1) is 0 Å². The molecule has 0 bridgehead atoms. The molecule has 188 valence electrons. The van der Waals surface area contributed by atoms with Gasteiger partial charge in [-0.3, -0.25) is 4.79 Å². The fourth-order valence-corrected chi connectivity index (χ4v) is 4.38. The van der Waals surface area contributed by atoms with Crippen LogP contribution < -0.4 is 5.32 Å². The molecule has 3 heterocycles. The number of ether oxygens (including phenoxy) is 2. The molecule has 1 saturated heterocycles. The number of amides is 2. The highest BCUT2D eigenvalue weighted by molar-refractivity contribution is 5.90. The van der Waals surface area contributed by atoms with Gasteiger partial charge in [0.15, 0.2) is 11.3 Å². The van der Waals surface area contributed by atoms with Gasteiger partial charge in [-0.05, 0) is 49.9 Å². The van der Waals surface area contributed by atoms with Crippen LogP contribution >= 0.6 is 0 Å². The van der Waals surface area contributed by atoms with E-state index in [9.17, 15) is 14.4 Å². The van der Waals surface area contributed by atoms with Gasteiger partial charge in [-0.2, -0.15) is 5.10 Å². The van der Waals surface area contributed by atoms with E-state index >= 15 is 4.39 Å². The largest absolute Gasteiger partial charge is 0.461 e. The van der Waals surface area contributed by atoms with E-state index in [0.717, 1.165) is 18.4 Å². The maximum Gasteiger partial charge on any atom is 0.358 e. The fourth-order valence-electron chi connectivity index (χ4n) is 4.38. The summed E-state index contributed by atoms with van der Waals surface area (Å²) in [4.78, 5) is 42.1. The fraction of sp³-hybridized carbons (Fsp3) is 0.400. The predicted molar refractivity (Wildman–Crippen MR) is 127 cm³/mol. The maximum atomic E-state index is 15.1. The average Bonchev–Trinajstić information content (AvgIpc) is 3.42. The van der Waals surface area contributed by atoms with Crippen molar-refractivity contribution in [2.45, 2.75) is 45.1 Å². The lowest BCUT2D eigenvalue weighted by atomic mass is 10.1. The molecule has 10 nitrogen and oxygen atoms in total. The highest BCUT2D eigenvalue weighted by Crippen LogP contribution is 2.42. The van der Waals surface area contributed by atoms with Crippen LogP contribution in [0.3, 0.4) is 0 Å². The number of halogens is 1. The van der Waals surface area contributed by atoms with Crippen molar-refractivity contribution in [3.8, 4) is 11.3 Å². The summed E-state index contributed by atoms with van der Waals surface area (Å²) in [7, 11) is 0. The van der Waals surface area contributed by atoms with E-state index in [-0.39, 0.29) is 42.4 Å². The molecule has 1 atom stereocenters. The van der Waals surface area contributed by atoms with Gasteiger partial charge in [0.05, 0.1) is 25.0 Å². The number of hydrogen-bond acceptors (Lipinski definition) is 7. The summed E-state index contributed by atoms with van der Waals surface area (Å²) in [5.74, 6) is -1.18. The molecule has 1 N–H and O–H groups in total. The third-order valence-corrected chi connectivity index (χ3v) is 6.22. The first-order chi connectivity index (χ1) is 17.3. The van der Waals surface area contributed by atoms with Crippen LogP contribution in [0.4, 0.5) is 14.9 Å². The first-order valence-electron chi connectivity index (χ1n) is 11.9. The Hall–Kier alpha value is -4.02. The minimum Gasteiger partial charge on any atom is -0.461 e. The van der Waals surface area contributed by atoms with E-state index < -0.39 is 17.8 Å². The van der Waals surface area contributed by atoms with Crippen molar-refractivity contribution in [1.29, 1.82) is 0 Å². The molecule has 1 saturated carbocycles. The SMILES string of the molecule is CCOC(=O)c1cc(C2CC2)c2nc(-c3ccc(NC(=O)N4CC[C@@H](OC(C)=O)C4)cc3F)cn2n1. The highest BCUT2D eigenvalue weighted by atomic mass is 19.1. The molecule has 2 aromatic heterocycles. The number of urea groups is 1. The number of nitrogens with zero attached hydrogens (tertiary/aromatic N) is 4. The van der Waals surface area contributed by atoms with Crippen LogP contribution in [0.15, 0.2) is 30.5 Å². The Morgan fingerprint density at radius 1 is 1.19 bits per heavy atom. The Balaban J connectivity index is 1.36. The lowest BCUT2D eigenvalue weighted by Gasteiger charge is -2.17. The standard InChI is InChI=1S/C25H26FN5O5/c1-3-35-24(33)21-11-19(15-4-5-15)23-28-22(13-31(23)29-21)18-7-6-16(10-20(18)26)27-25(34)30-9-8-17(12-30)36-14(2)32/h6-7,10-11,13,15,17H,3-5,8-9,12H2,1-2H3,(H,27,34)/t17-/m1/s1. The van der Waals surface area contributed by atoms with Gasteiger partial charge >= 0.3 is 18.0 Å². The molecule has 36 heavy (non-hydrogen) atoms. The van der Waals surface area contributed by atoms with Crippen molar-refractivity contribution < 1.29 is 28.2 Å². The highest BCUT2D eigenvalue weighted by Gasteiger charge is 2.30. The molecule has 1 aliphatic heterocycles. The van der Waals surface area contributed by atoms with Crippen LogP contribution in [0, 0.1) is 5.82 Å². The summed E-state index contributed by atoms with van der Waals surface area (Å²) in [6, 6.07) is 5.69. The van der Waals surface area contributed by atoms with Crippen LogP contribution in [0.5, 0.6) is 0 Å². The second-order valence-electron chi connectivity index (χ2n) is 8.96. The second-order valence-corrected chi connectivity index (χ2v) is 8.96. The number of fused-ring (bicyclic) bond motifs is 1. The van der Waals surface area contributed by atoms with E-state index in [1.807, 2.05) is 0 Å². The maximum absolute atomic E-state index is 15.1. The van der Waals surface area contributed by atoms with E-state index in [0.29, 0.717) is 30.0 Å². The summed E-state index contributed by atoms with van der Waals surface area (Å²) in [6.07, 6.45) is 3.79. The molecule has 2 fully saturated rings. The molecule has 3 aromatic rings. The van der Waals surface area contributed by atoms with Crippen molar-refractivity contribution in [2.24, 2.45) is 0 Å². The van der Waals surface area contributed by atoms with Gasteiger partial charge in [0.1, 0.15) is 11.9 Å². The smallest absolute Gasteiger partial charge is 0.358 e. The Kier molecular flexibility index (Phi) is 6.29. The minimum absolute atomic E-state index is 0.187. The summed E-state index contributed by atoms with van der Waals surface area (Å²) in [5, 5.41) is 7.01. The molecule has 0 unspecified atom stereocenters. The zero-order chi connectivity index (χ0) is 25.4.